The van der Waals surface area contributed by atoms with Crippen molar-refractivity contribution < 1.29 is 4.74 Å². The molecule has 1 N–H and O–H groups in total. The summed E-state index contributed by atoms with van der Waals surface area (Å²) in [5.74, 6) is 0. The van der Waals surface area contributed by atoms with Crippen molar-refractivity contribution in [3.05, 3.63) is 83.2 Å². The standard InChI is InChI=1S/C23H27N5OS/c1-16-14-19(17(2)27(16)12-13-29-3)22-21(20-9-5-7-11-25-20)26-23(30)28(22)15-18-8-4-6-10-24-18/h4-11,14,21-22H,12-13,15H2,1-3H3,(H,26,30)/t21-,22+/m0/s1. The van der Waals surface area contributed by atoms with Crippen molar-refractivity contribution >= 4 is 17.3 Å². The quantitative estimate of drug-likeness (QED) is 0.587. The molecule has 4 heterocycles. The molecule has 1 saturated heterocycles. The van der Waals surface area contributed by atoms with Gasteiger partial charge < -0.3 is 19.5 Å². The molecular formula is C23H27N5OS. The maximum Gasteiger partial charge on any atom is 0.170 e. The summed E-state index contributed by atoms with van der Waals surface area (Å²) in [5, 5.41) is 4.25. The van der Waals surface area contributed by atoms with E-state index in [0.717, 1.165) is 23.0 Å². The second-order valence-electron chi connectivity index (χ2n) is 7.55. The van der Waals surface area contributed by atoms with Gasteiger partial charge in [-0.2, -0.15) is 0 Å². The van der Waals surface area contributed by atoms with E-state index in [1.165, 1.54) is 17.0 Å². The Kier molecular flexibility index (Phi) is 6.11. The van der Waals surface area contributed by atoms with Gasteiger partial charge in [0.1, 0.15) is 0 Å². The van der Waals surface area contributed by atoms with Crippen LogP contribution in [0.25, 0.3) is 0 Å². The van der Waals surface area contributed by atoms with Crippen molar-refractivity contribution in [1.82, 2.24) is 24.8 Å². The largest absolute Gasteiger partial charge is 0.383 e. The Labute approximate surface area is 182 Å². The van der Waals surface area contributed by atoms with Crippen LogP contribution in [0.1, 0.15) is 40.4 Å². The highest BCUT2D eigenvalue weighted by atomic mass is 32.1. The van der Waals surface area contributed by atoms with Gasteiger partial charge in [-0.15, -0.1) is 0 Å². The van der Waals surface area contributed by atoms with Crippen LogP contribution in [0.2, 0.25) is 0 Å². The maximum absolute atomic E-state index is 5.78. The van der Waals surface area contributed by atoms with Gasteiger partial charge in [0.05, 0.1) is 36.6 Å². The van der Waals surface area contributed by atoms with Crippen LogP contribution in [0.15, 0.2) is 54.9 Å². The van der Waals surface area contributed by atoms with Crippen LogP contribution < -0.4 is 5.32 Å². The summed E-state index contributed by atoms with van der Waals surface area (Å²) in [4.78, 5) is 11.4. The fraction of sp³-hybridized carbons (Fsp3) is 0.348. The molecule has 1 aliphatic rings. The zero-order valence-electron chi connectivity index (χ0n) is 17.6. The van der Waals surface area contributed by atoms with Crippen LogP contribution in [0, 0.1) is 13.8 Å². The molecule has 3 aromatic rings. The second kappa shape index (κ2) is 8.93. The highest BCUT2D eigenvalue weighted by Gasteiger charge is 2.41. The van der Waals surface area contributed by atoms with Crippen molar-refractivity contribution in [2.24, 2.45) is 0 Å². The Morgan fingerprint density at radius 1 is 1.10 bits per heavy atom. The van der Waals surface area contributed by atoms with Gasteiger partial charge in [0.25, 0.3) is 0 Å². The van der Waals surface area contributed by atoms with Crippen LogP contribution in [0.3, 0.4) is 0 Å². The Bertz CT molecular complexity index is 1010. The summed E-state index contributed by atoms with van der Waals surface area (Å²) >= 11 is 5.78. The van der Waals surface area contributed by atoms with Crippen molar-refractivity contribution in [2.75, 3.05) is 13.7 Å². The van der Waals surface area contributed by atoms with Crippen molar-refractivity contribution in [3.8, 4) is 0 Å². The zero-order valence-corrected chi connectivity index (χ0v) is 18.4. The van der Waals surface area contributed by atoms with Gasteiger partial charge in [0.15, 0.2) is 5.11 Å². The van der Waals surface area contributed by atoms with Gasteiger partial charge in [-0.25, -0.2) is 0 Å². The third-order valence-electron chi connectivity index (χ3n) is 5.71. The SMILES string of the molecule is COCCn1c(C)cc([C@@H]2[C@H](c3ccccn3)NC(=S)N2Cc2ccccn2)c1C. The predicted molar refractivity (Wildman–Crippen MR) is 121 cm³/mol. The van der Waals surface area contributed by atoms with E-state index in [1.54, 1.807) is 7.11 Å². The van der Waals surface area contributed by atoms with E-state index in [1.807, 2.05) is 42.7 Å². The number of methoxy groups -OCH3 is 1. The Balaban J connectivity index is 1.76. The second-order valence-corrected chi connectivity index (χ2v) is 7.93. The van der Waals surface area contributed by atoms with E-state index in [2.05, 4.69) is 50.7 Å². The average Bonchev–Trinajstić information content (AvgIpc) is 3.23. The molecule has 7 heteroatoms. The summed E-state index contributed by atoms with van der Waals surface area (Å²) in [6, 6.07) is 14.3. The molecule has 1 fully saturated rings. The molecule has 4 rings (SSSR count). The normalized spacial score (nSPS) is 18.6. The van der Waals surface area contributed by atoms with E-state index in [-0.39, 0.29) is 12.1 Å². The smallest absolute Gasteiger partial charge is 0.170 e. The van der Waals surface area contributed by atoms with Gasteiger partial charge >= 0.3 is 0 Å². The van der Waals surface area contributed by atoms with Gasteiger partial charge in [-0.05, 0) is 62.0 Å². The molecule has 1 aliphatic heterocycles. The lowest BCUT2D eigenvalue weighted by atomic mass is 9.96. The van der Waals surface area contributed by atoms with Crippen LogP contribution in [-0.4, -0.2) is 38.3 Å². The first kappa shape index (κ1) is 20.5. The monoisotopic (exact) mass is 421 g/mol. The number of nitrogens with zero attached hydrogens (tertiary/aromatic N) is 4. The zero-order chi connectivity index (χ0) is 21.1. The molecule has 30 heavy (non-hydrogen) atoms. The summed E-state index contributed by atoms with van der Waals surface area (Å²) in [6.45, 7) is 6.47. The first-order valence-electron chi connectivity index (χ1n) is 10.1. The van der Waals surface area contributed by atoms with Crippen LogP contribution in [-0.2, 0) is 17.8 Å². The number of nitrogens with one attached hydrogen (secondary N) is 1. The fourth-order valence-corrected chi connectivity index (χ4v) is 4.54. The van der Waals surface area contributed by atoms with E-state index < -0.39 is 0 Å². The minimum Gasteiger partial charge on any atom is -0.383 e. The third-order valence-corrected chi connectivity index (χ3v) is 6.06. The molecule has 0 spiro atoms. The van der Waals surface area contributed by atoms with Gasteiger partial charge in [0, 0.05) is 37.4 Å². The third kappa shape index (κ3) is 3.95. The van der Waals surface area contributed by atoms with E-state index in [0.29, 0.717) is 13.2 Å². The molecule has 0 amide bonds. The lowest BCUT2D eigenvalue weighted by Gasteiger charge is -2.28. The molecule has 6 nitrogen and oxygen atoms in total. The first-order valence-corrected chi connectivity index (χ1v) is 10.5. The van der Waals surface area contributed by atoms with Crippen molar-refractivity contribution in [2.45, 2.75) is 39.0 Å². The van der Waals surface area contributed by atoms with Gasteiger partial charge in [0.2, 0.25) is 0 Å². The summed E-state index contributed by atoms with van der Waals surface area (Å²) in [6.07, 6.45) is 3.66. The summed E-state index contributed by atoms with van der Waals surface area (Å²) in [5.41, 5.74) is 5.67. The number of hydrogen-bond donors (Lipinski definition) is 1. The van der Waals surface area contributed by atoms with Crippen LogP contribution >= 0.6 is 12.2 Å². The molecule has 0 aromatic carbocycles. The lowest BCUT2D eigenvalue weighted by molar-refractivity contribution is 0.186. The van der Waals surface area contributed by atoms with Crippen molar-refractivity contribution in [1.29, 1.82) is 0 Å². The number of pyridine rings is 2. The van der Waals surface area contributed by atoms with Crippen LogP contribution in [0.5, 0.6) is 0 Å². The van der Waals surface area contributed by atoms with E-state index in [4.69, 9.17) is 17.0 Å². The molecule has 0 bridgehead atoms. The number of aryl methyl sites for hydroxylation is 1. The molecule has 156 valence electrons. The summed E-state index contributed by atoms with van der Waals surface area (Å²) in [7, 11) is 1.74. The summed E-state index contributed by atoms with van der Waals surface area (Å²) < 4.78 is 7.63. The van der Waals surface area contributed by atoms with Gasteiger partial charge in [-0.3, -0.25) is 9.97 Å². The molecule has 3 aromatic heterocycles. The highest BCUT2D eigenvalue weighted by Crippen LogP contribution is 2.41. The van der Waals surface area contributed by atoms with Crippen LogP contribution in [0.4, 0.5) is 0 Å². The average molecular weight is 422 g/mol. The Hall–Kier alpha value is -2.77. The fourth-order valence-electron chi connectivity index (χ4n) is 4.23. The minimum absolute atomic E-state index is 0.0249. The number of rotatable bonds is 7. The number of thiocarbonyl (C=S) groups is 1. The highest BCUT2D eigenvalue weighted by molar-refractivity contribution is 7.80. The number of hydrogen-bond acceptors (Lipinski definition) is 4. The molecule has 0 radical (unpaired) electrons. The molecule has 2 atom stereocenters. The molecular weight excluding hydrogens is 394 g/mol. The predicted octanol–water partition coefficient (Wildman–Crippen LogP) is 3.71. The first-order chi connectivity index (χ1) is 14.6. The lowest BCUT2D eigenvalue weighted by Crippen LogP contribution is -2.29. The molecule has 0 unspecified atom stereocenters. The Morgan fingerprint density at radius 2 is 1.87 bits per heavy atom. The van der Waals surface area contributed by atoms with E-state index in [9.17, 15) is 0 Å². The molecule has 0 aliphatic carbocycles. The van der Waals surface area contributed by atoms with Gasteiger partial charge in [-0.1, -0.05) is 12.1 Å². The minimum atomic E-state index is -0.0289. The topological polar surface area (TPSA) is 55.2 Å². The number of aromatic nitrogens is 3. The number of ether oxygens (including phenoxy) is 1. The Morgan fingerprint density at radius 3 is 2.53 bits per heavy atom. The van der Waals surface area contributed by atoms with E-state index >= 15 is 0 Å². The van der Waals surface area contributed by atoms with Crippen molar-refractivity contribution in [3.63, 3.8) is 0 Å². The molecule has 0 saturated carbocycles. The maximum atomic E-state index is 5.78.